The van der Waals surface area contributed by atoms with Crippen molar-refractivity contribution in [1.82, 2.24) is 4.90 Å². The first-order valence-electron chi connectivity index (χ1n) is 8.91. The van der Waals surface area contributed by atoms with Crippen molar-refractivity contribution in [3.8, 4) is 0 Å². The Morgan fingerprint density at radius 2 is 1.88 bits per heavy atom. The van der Waals surface area contributed by atoms with E-state index in [0.29, 0.717) is 5.56 Å². The Morgan fingerprint density at radius 1 is 1.16 bits per heavy atom. The van der Waals surface area contributed by atoms with E-state index in [9.17, 15) is 4.79 Å². The van der Waals surface area contributed by atoms with Crippen LogP contribution in [0.2, 0.25) is 0 Å². The van der Waals surface area contributed by atoms with Gasteiger partial charge in [0.1, 0.15) is 0 Å². The third-order valence-corrected chi connectivity index (χ3v) is 5.55. The molecule has 1 fully saturated rings. The van der Waals surface area contributed by atoms with E-state index in [1.807, 2.05) is 42.7 Å². The SMILES string of the molecule is CSc1cccc(NC(=O)c2ccc(CN3CCC(C)CC3)cc2)c1. The fourth-order valence-electron chi connectivity index (χ4n) is 3.14. The summed E-state index contributed by atoms with van der Waals surface area (Å²) in [5.41, 5.74) is 2.81. The molecule has 0 aliphatic carbocycles. The first-order valence-corrected chi connectivity index (χ1v) is 10.1. The maximum Gasteiger partial charge on any atom is 0.255 e. The van der Waals surface area contributed by atoms with E-state index in [1.54, 1.807) is 11.8 Å². The van der Waals surface area contributed by atoms with E-state index >= 15 is 0 Å². The number of benzene rings is 2. The molecule has 0 saturated carbocycles. The molecule has 3 nitrogen and oxygen atoms in total. The Hall–Kier alpha value is -1.78. The molecule has 2 aromatic carbocycles. The van der Waals surface area contributed by atoms with Crippen LogP contribution in [0.15, 0.2) is 53.4 Å². The lowest BCUT2D eigenvalue weighted by Gasteiger charge is -2.30. The summed E-state index contributed by atoms with van der Waals surface area (Å²) in [6, 6.07) is 15.9. The highest BCUT2D eigenvalue weighted by molar-refractivity contribution is 7.98. The largest absolute Gasteiger partial charge is 0.322 e. The quantitative estimate of drug-likeness (QED) is 0.776. The molecule has 1 aliphatic heterocycles. The topological polar surface area (TPSA) is 32.3 Å². The summed E-state index contributed by atoms with van der Waals surface area (Å²) in [6.07, 6.45) is 4.61. The van der Waals surface area contributed by atoms with Crippen molar-refractivity contribution >= 4 is 23.4 Å². The lowest BCUT2D eigenvalue weighted by atomic mass is 9.99. The zero-order valence-corrected chi connectivity index (χ0v) is 15.8. The zero-order chi connectivity index (χ0) is 17.6. The van der Waals surface area contributed by atoms with Crippen LogP contribution in [0.4, 0.5) is 5.69 Å². The minimum absolute atomic E-state index is 0.0587. The molecule has 1 amide bonds. The summed E-state index contributed by atoms with van der Waals surface area (Å²) in [7, 11) is 0. The molecule has 0 atom stereocenters. The molecule has 0 radical (unpaired) electrons. The Kier molecular flexibility index (Phi) is 6.16. The summed E-state index contributed by atoms with van der Waals surface area (Å²) in [4.78, 5) is 16.1. The monoisotopic (exact) mass is 354 g/mol. The number of hydrogen-bond donors (Lipinski definition) is 1. The van der Waals surface area contributed by atoms with Crippen LogP contribution in [-0.2, 0) is 6.54 Å². The maximum atomic E-state index is 12.4. The second kappa shape index (κ2) is 8.54. The molecule has 0 aromatic heterocycles. The van der Waals surface area contributed by atoms with Crippen molar-refractivity contribution in [2.24, 2.45) is 5.92 Å². The number of carbonyl (C=O) groups is 1. The van der Waals surface area contributed by atoms with Gasteiger partial charge in [-0.2, -0.15) is 0 Å². The number of nitrogens with zero attached hydrogens (tertiary/aromatic N) is 1. The molecule has 2 aromatic rings. The molecule has 132 valence electrons. The summed E-state index contributed by atoms with van der Waals surface area (Å²) in [6.45, 7) is 5.66. The van der Waals surface area contributed by atoms with Crippen LogP contribution in [0.1, 0.15) is 35.7 Å². The van der Waals surface area contributed by atoms with Gasteiger partial charge in [0, 0.05) is 22.7 Å². The van der Waals surface area contributed by atoms with Crippen LogP contribution in [0.5, 0.6) is 0 Å². The Labute approximate surface area is 154 Å². The Morgan fingerprint density at radius 3 is 2.56 bits per heavy atom. The molecule has 0 bridgehead atoms. The van der Waals surface area contributed by atoms with Crippen molar-refractivity contribution < 1.29 is 4.79 Å². The van der Waals surface area contributed by atoms with Gasteiger partial charge < -0.3 is 5.32 Å². The second-order valence-corrected chi connectivity index (χ2v) is 7.72. The van der Waals surface area contributed by atoms with Gasteiger partial charge in [-0.1, -0.05) is 25.1 Å². The van der Waals surface area contributed by atoms with Gasteiger partial charge in [-0.05, 0) is 74.0 Å². The lowest BCUT2D eigenvalue weighted by Crippen LogP contribution is -2.32. The van der Waals surface area contributed by atoms with Gasteiger partial charge in [0.15, 0.2) is 0 Å². The number of anilines is 1. The van der Waals surface area contributed by atoms with Gasteiger partial charge in [-0.25, -0.2) is 0 Å². The van der Waals surface area contributed by atoms with E-state index in [0.717, 1.165) is 23.0 Å². The molecular formula is C21H26N2OS. The van der Waals surface area contributed by atoms with Gasteiger partial charge in [0.2, 0.25) is 0 Å². The van der Waals surface area contributed by atoms with Crippen LogP contribution in [0, 0.1) is 5.92 Å². The first-order chi connectivity index (χ1) is 12.1. The highest BCUT2D eigenvalue weighted by atomic mass is 32.2. The van der Waals surface area contributed by atoms with Gasteiger partial charge in [-0.3, -0.25) is 9.69 Å². The van der Waals surface area contributed by atoms with Crippen molar-refractivity contribution in [1.29, 1.82) is 0 Å². The van der Waals surface area contributed by atoms with Crippen LogP contribution in [-0.4, -0.2) is 30.2 Å². The number of nitrogens with one attached hydrogen (secondary N) is 1. The normalized spacial score (nSPS) is 15.9. The Bertz CT molecular complexity index is 706. The van der Waals surface area contributed by atoms with Crippen molar-refractivity contribution in [3.05, 3.63) is 59.7 Å². The van der Waals surface area contributed by atoms with Gasteiger partial charge in [-0.15, -0.1) is 11.8 Å². The molecule has 3 rings (SSSR count). The molecule has 1 aliphatic rings. The fraction of sp³-hybridized carbons (Fsp3) is 0.381. The van der Waals surface area contributed by atoms with Gasteiger partial charge >= 0.3 is 0 Å². The predicted octanol–water partition coefficient (Wildman–Crippen LogP) is 4.89. The summed E-state index contributed by atoms with van der Waals surface area (Å²) >= 11 is 1.67. The number of carbonyl (C=O) groups excluding carboxylic acids is 1. The van der Waals surface area contributed by atoms with Crippen molar-refractivity contribution in [2.75, 3.05) is 24.7 Å². The smallest absolute Gasteiger partial charge is 0.255 e. The molecular weight excluding hydrogens is 328 g/mol. The van der Waals surface area contributed by atoms with E-state index in [4.69, 9.17) is 0 Å². The molecule has 25 heavy (non-hydrogen) atoms. The molecule has 1 saturated heterocycles. The van der Waals surface area contributed by atoms with Crippen LogP contribution in [0.25, 0.3) is 0 Å². The van der Waals surface area contributed by atoms with E-state index in [1.165, 1.54) is 31.5 Å². The maximum absolute atomic E-state index is 12.4. The lowest BCUT2D eigenvalue weighted by molar-refractivity contribution is 0.102. The predicted molar refractivity (Wildman–Crippen MR) is 106 cm³/mol. The van der Waals surface area contributed by atoms with Crippen LogP contribution >= 0.6 is 11.8 Å². The third-order valence-electron chi connectivity index (χ3n) is 4.83. The summed E-state index contributed by atoms with van der Waals surface area (Å²) < 4.78 is 0. The number of piperidine rings is 1. The zero-order valence-electron chi connectivity index (χ0n) is 15.0. The summed E-state index contributed by atoms with van der Waals surface area (Å²) in [5, 5.41) is 2.98. The molecule has 1 N–H and O–H groups in total. The van der Waals surface area contributed by atoms with Crippen LogP contribution < -0.4 is 5.32 Å². The average Bonchev–Trinajstić information content (AvgIpc) is 2.64. The van der Waals surface area contributed by atoms with Crippen molar-refractivity contribution in [2.45, 2.75) is 31.2 Å². The molecule has 1 heterocycles. The number of likely N-dealkylation sites (tertiary alicyclic amines) is 1. The minimum Gasteiger partial charge on any atom is -0.322 e. The summed E-state index contributed by atoms with van der Waals surface area (Å²) in [5.74, 6) is 0.795. The van der Waals surface area contributed by atoms with E-state index in [2.05, 4.69) is 29.3 Å². The van der Waals surface area contributed by atoms with Crippen molar-refractivity contribution in [3.63, 3.8) is 0 Å². The number of hydrogen-bond acceptors (Lipinski definition) is 3. The first kappa shape index (κ1) is 18.0. The average molecular weight is 355 g/mol. The second-order valence-electron chi connectivity index (χ2n) is 6.84. The molecule has 0 unspecified atom stereocenters. The highest BCUT2D eigenvalue weighted by Gasteiger charge is 2.15. The Balaban J connectivity index is 1.58. The third kappa shape index (κ3) is 5.10. The van der Waals surface area contributed by atoms with Crippen LogP contribution in [0.3, 0.4) is 0 Å². The van der Waals surface area contributed by atoms with E-state index < -0.39 is 0 Å². The fourth-order valence-corrected chi connectivity index (χ4v) is 3.60. The highest BCUT2D eigenvalue weighted by Crippen LogP contribution is 2.20. The molecule has 4 heteroatoms. The number of thioether (sulfide) groups is 1. The number of amides is 1. The minimum atomic E-state index is -0.0587. The van der Waals surface area contributed by atoms with Gasteiger partial charge in [0.25, 0.3) is 5.91 Å². The standard InChI is InChI=1S/C21H26N2OS/c1-16-10-12-23(13-11-16)15-17-6-8-18(9-7-17)21(24)22-19-4-3-5-20(14-19)25-2/h3-9,14,16H,10-13,15H2,1-2H3,(H,22,24). The van der Waals surface area contributed by atoms with E-state index in [-0.39, 0.29) is 5.91 Å². The van der Waals surface area contributed by atoms with Gasteiger partial charge in [0.05, 0.1) is 0 Å². The number of rotatable bonds is 5. The molecule has 0 spiro atoms.